The van der Waals surface area contributed by atoms with Crippen molar-refractivity contribution in [1.82, 2.24) is 10.2 Å². The third-order valence-electron chi connectivity index (χ3n) is 4.61. The van der Waals surface area contributed by atoms with Crippen molar-refractivity contribution in [3.05, 3.63) is 16.8 Å². The van der Waals surface area contributed by atoms with Crippen LogP contribution in [-0.4, -0.2) is 67.9 Å². The number of hydrogen-bond donors (Lipinski definition) is 1. The fourth-order valence-electron chi connectivity index (χ4n) is 3.12. The molecule has 1 aliphatic carbocycles. The van der Waals surface area contributed by atoms with Crippen LogP contribution in [0, 0.1) is 0 Å². The highest BCUT2D eigenvalue weighted by Crippen LogP contribution is 2.28. The third kappa shape index (κ3) is 3.26. The first-order chi connectivity index (χ1) is 11.7. The molecule has 7 nitrogen and oxygen atoms in total. The lowest BCUT2D eigenvalue weighted by atomic mass is 10.0. The normalized spacial score (nSPS) is 28.1. The Hall–Kier alpha value is -1.64. The molecular formula is C16H21N3O4S. The fourth-order valence-corrected chi connectivity index (χ4v) is 3.76. The molecule has 1 unspecified atom stereocenters. The van der Waals surface area contributed by atoms with E-state index in [1.165, 1.54) is 0 Å². The molecule has 24 heavy (non-hydrogen) atoms. The Bertz CT molecular complexity index is 619. The first-order valence-electron chi connectivity index (χ1n) is 8.25. The average molecular weight is 351 g/mol. The first kappa shape index (κ1) is 15.9. The van der Waals surface area contributed by atoms with Crippen LogP contribution >= 0.6 is 11.3 Å². The lowest BCUT2D eigenvalue weighted by Crippen LogP contribution is -2.62. The number of carbonyl (C=O) groups excluding carboxylic acids is 2. The van der Waals surface area contributed by atoms with Gasteiger partial charge in [0.15, 0.2) is 0 Å². The molecule has 3 fully saturated rings. The number of urea groups is 1. The molecule has 1 saturated carbocycles. The zero-order valence-electron chi connectivity index (χ0n) is 13.4. The first-order valence-corrected chi connectivity index (χ1v) is 9.19. The van der Waals surface area contributed by atoms with Gasteiger partial charge in [-0.25, -0.2) is 4.79 Å². The van der Waals surface area contributed by atoms with Crippen LogP contribution in [0.3, 0.4) is 0 Å². The van der Waals surface area contributed by atoms with Gasteiger partial charge in [-0.1, -0.05) is 0 Å². The van der Waals surface area contributed by atoms with Gasteiger partial charge < -0.3 is 24.6 Å². The second kappa shape index (κ2) is 6.34. The molecule has 1 atom stereocenters. The molecular weight excluding hydrogens is 330 g/mol. The second-order valence-electron chi connectivity index (χ2n) is 6.63. The smallest absolute Gasteiger partial charge is 0.317 e. The van der Waals surface area contributed by atoms with E-state index in [9.17, 15) is 9.59 Å². The van der Waals surface area contributed by atoms with Gasteiger partial charge in [0.1, 0.15) is 12.2 Å². The molecule has 1 aromatic heterocycles. The summed E-state index contributed by atoms with van der Waals surface area (Å²) >= 11 is 1.55. The summed E-state index contributed by atoms with van der Waals surface area (Å²) in [7, 11) is 0. The van der Waals surface area contributed by atoms with Crippen molar-refractivity contribution in [3.8, 4) is 0 Å². The highest BCUT2D eigenvalue weighted by Gasteiger charge is 2.44. The van der Waals surface area contributed by atoms with Crippen molar-refractivity contribution < 1.29 is 19.1 Å². The van der Waals surface area contributed by atoms with E-state index in [1.807, 2.05) is 16.8 Å². The Labute approximate surface area is 144 Å². The van der Waals surface area contributed by atoms with E-state index in [4.69, 9.17) is 9.47 Å². The SMILES string of the molecule is O=C(NC1CC1)N1CCOCC2(C1)CN(c1ccsc1)C(=O)CO2. The molecule has 1 aromatic rings. The molecule has 3 heterocycles. The number of morpholine rings is 1. The fraction of sp³-hybridized carbons (Fsp3) is 0.625. The van der Waals surface area contributed by atoms with Gasteiger partial charge in [0, 0.05) is 18.0 Å². The second-order valence-corrected chi connectivity index (χ2v) is 7.41. The summed E-state index contributed by atoms with van der Waals surface area (Å²) in [4.78, 5) is 28.2. The Morgan fingerprint density at radius 3 is 3.00 bits per heavy atom. The van der Waals surface area contributed by atoms with Gasteiger partial charge in [-0.3, -0.25) is 4.79 Å². The van der Waals surface area contributed by atoms with E-state index in [2.05, 4.69) is 5.32 Å². The van der Waals surface area contributed by atoms with Crippen molar-refractivity contribution in [2.24, 2.45) is 0 Å². The maximum atomic E-state index is 12.4. The van der Waals surface area contributed by atoms with Crippen molar-refractivity contribution in [2.75, 3.05) is 44.4 Å². The maximum Gasteiger partial charge on any atom is 0.317 e. The predicted molar refractivity (Wildman–Crippen MR) is 89.3 cm³/mol. The van der Waals surface area contributed by atoms with E-state index in [-0.39, 0.29) is 18.5 Å². The highest BCUT2D eigenvalue weighted by molar-refractivity contribution is 7.08. The van der Waals surface area contributed by atoms with Gasteiger partial charge in [0.05, 0.1) is 32.0 Å². The minimum Gasteiger partial charge on any atom is -0.376 e. The lowest BCUT2D eigenvalue weighted by Gasteiger charge is -2.42. The van der Waals surface area contributed by atoms with E-state index in [0.29, 0.717) is 38.9 Å². The van der Waals surface area contributed by atoms with Crippen molar-refractivity contribution in [1.29, 1.82) is 0 Å². The summed E-state index contributed by atoms with van der Waals surface area (Å²) in [6.07, 6.45) is 2.11. The molecule has 0 radical (unpaired) electrons. The van der Waals surface area contributed by atoms with Crippen molar-refractivity contribution in [3.63, 3.8) is 0 Å². The highest BCUT2D eigenvalue weighted by atomic mass is 32.1. The maximum absolute atomic E-state index is 12.4. The van der Waals surface area contributed by atoms with E-state index in [1.54, 1.807) is 21.1 Å². The summed E-state index contributed by atoms with van der Waals surface area (Å²) in [5, 5.41) is 6.92. The molecule has 1 spiro atoms. The zero-order chi connectivity index (χ0) is 16.6. The number of carbonyl (C=O) groups is 2. The van der Waals surface area contributed by atoms with Gasteiger partial charge in [-0.2, -0.15) is 11.3 Å². The Kier molecular flexibility index (Phi) is 4.19. The summed E-state index contributed by atoms with van der Waals surface area (Å²) in [5.74, 6) is -0.0581. The number of nitrogens with one attached hydrogen (secondary N) is 1. The van der Waals surface area contributed by atoms with Gasteiger partial charge in [-0.15, -0.1) is 0 Å². The number of anilines is 1. The minimum atomic E-state index is -0.673. The van der Waals surface area contributed by atoms with Gasteiger partial charge >= 0.3 is 6.03 Å². The molecule has 8 heteroatoms. The summed E-state index contributed by atoms with van der Waals surface area (Å²) in [6, 6.07) is 2.18. The molecule has 2 saturated heterocycles. The predicted octanol–water partition coefficient (Wildman–Crippen LogP) is 1.05. The van der Waals surface area contributed by atoms with E-state index >= 15 is 0 Å². The largest absolute Gasteiger partial charge is 0.376 e. The van der Waals surface area contributed by atoms with Crippen LogP contribution in [0.1, 0.15) is 12.8 Å². The van der Waals surface area contributed by atoms with Gasteiger partial charge in [-0.05, 0) is 24.3 Å². The summed E-state index contributed by atoms with van der Waals surface area (Å²) in [6.45, 7) is 2.24. The monoisotopic (exact) mass is 351 g/mol. The Morgan fingerprint density at radius 2 is 2.25 bits per heavy atom. The van der Waals surface area contributed by atoms with Gasteiger partial charge in [0.25, 0.3) is 5.91 Å². The van der Waals surface area contributed by atoms with Crippen molar-refractivity contribution >= 4 is 29.0 Å². The zero-order valence-corrected chi connectivity index (χ0v) is 14.2. The van der Waals surface area contributed by atoms with Crippen LogP contribution < -0.4 is 10.2 Å². The number of ether oxygens (including phenoxy) is 2. The molecule has 3 aliphatic rings. The van der Waals surface area contributed by atoms with E-state index in [0.717, 1.165) is 18.5 Å². The number of hydrogen-bond acceptors (Lipinski definition) is 5. The molecule has 4 rings (SSSR count). The summed E-state index contributed by atoms with van der Waals surface area (Å²) < 4.78 is 11.6. The number of amides is 3. The van der Waals surface area contributed by atoms with Crippen molar-refractivity contribution in [2.45, 2.75) is 24.5 Å². The topological polar surface area (TPSA) is 71.1 Å². The summed E-state index contributed by atoms with van der Waals surface area (Å²) in [5.41, 5.74) is 0.207. The van der Waals surface area contributed by atoms with Crippen LogP contribution in [0.5, 0.6) is 0 Å². The number of rotatable bonds is 2. The van der Waals surface area contributed by atoms with Gasteiger partial charge in [0.2, 0.25) is 0 Å². The molecule has 3 amide bonds. The number of nitrogens with zero attached hydrogens (tertiary/aromatic N) is 2. The minimum absolute atomic E-state index is 0.0112. The third-order valence-corrected chi connectivity index (χ3v) is 5.28. The molecule has 0 bridgehead atoms. The standard InChI is InChI=1S/C16H21N3O4S/c20-14-7-23-16(10-19(14)13-3-6-24-8-13)9-18(4-5-22-11-16)15(21)17-12-1-2-12/h3,6,8,12H,1-2,4-5,7,9-11H2,(H,17,21). The molecule has 0 aromatic carbocycles. The lowest BCUT2D eigenvalue weighted by molar-refractivity contribution is -0.145. The van der Waals surface area contributed by atoms with E-state index < -0.39 is 5.60 Å². The van der Waals surface area contributed by atoms with Crippen LogP contribution in [0.15, 0.2) is 16.8 Å². The molecule has 1 N–H and O–H groups in total. The quantitative estimate of drug-likeness (QED) is 0.865. The Morgan fingerprint density at radius 1 is 1.38 bits per heavy atom. The van der Waals surface area contributed by atoms with Crippen LogP contribution in [0.25, 0.3) is 0 Å². The van der Waals surface area contributed by atoms with Crippen LogP contribution in [0.2, 0.25) is 0 Å². The van der Waals surface area contributed by atoms with Crippen LogP contribution in [0.4, 0.5) is 10.5 Å². The Balaban J connectivity index is 1.51. The average Bonchev–Trinajstić information content (AvgIpc) is 3.27. The molecule has 2 aliphatic heterocycles. The molecule has 130 valence electrons. The van der Waals surface area contributed by atoms with Crippen LogP contribution in [-0.2, 0) is 14.3 Å². The number of thiophene rings is 1.